The van der Waals surface area contributed by atoms with Crippen molar-refractivity contribution in [1.29, 1.82) is 0 Å². The molecule has 0 bridgehead atoms. The van der Waals surface area contributed by atoms with Gasteiger partial charge in [0.25, 0.3) is 0 Å². The van der Waals surface area contributed by atoms with E-state index in [1.165, 1.54) is 0 Å². The van der Waals surface area contributed by atoms with Crippen LogP contribution in [-0.2, 0) is 10.0 Å². The first-order valence-electron chi connectivity index (χ1n) is 4.84. The van der Waals surface area contributed by atoms with E-state index in [4.69, 9.17) is 0 Å². The Morgan fingerprint density at radius 1 is 1.36 bits per heavy atom. The van der Waals surface area contributed by atoms with Crippen LogP contribution in [0.1, 0.15) is 12.8 Å². The lowest BCUT2D eigenvalue weighted by molar-refractivity contribution is -0.895. The second kappa shape index (κ2) is 4.55. The highest BCUT2D eigenvalue weighted by atomic mass is 32.2. The summed E-state index contributed by atoms with van der Waals surface area (Å²) in [6.07, 6.45) is 2.32. The van der Waals surface area contributed by atoms with E-state index in [1.54, 1.807) is 0 Å². The lowest BCUT2D eigenvalue weighted by Gasteiger charge is -2.28. The molecule has 0 saturated carbocycles. The fourth-order valence-corrected chi connectivity index (χ4v) is 2.81. The van der Waals surface area contributed by atoms with Gasteiger partial charge in [-0.05, 0) is 0 Å². The van der Waals surface area contributed by atoms with E-state index in [9.17, 15) is 12.8 Å². The first-order valence-corrected chi connectivity index (χ1v) is 6.50. The maximum absolute atomic E-state index is 11.8. The molecule has 0 spiro atoms. The van der Waals surface area contributed by atoms with Gasteiger partial charge in [0.2, 0.25) is 10.0 Å². The van der Waals surface area contributed by atoms with Crippen molar-refractivity contribution in [3.05, 3.63) is 0 Å². The molecule has 84 valence electrons. The first kappa shape index (κ1) is 11.9. The zero-order valence-electron chi connectivity index (χ0n) is 8.50. The minimum absolute atomic E-state index is 0.0212. The van der Waals surface area contributed by atoms with Crippen LogP contribution in [0.3, 0.4) is 0 Å². The van der Waals surface area contributed by atoms with Crippen LogP contribution in [0.15, 0.2) is 0 Å². The molecular weight excluding hydrogens is 207 g/mol. The highest BCUT2D eigenvalue weighted by Crippen LogP contribution is 2.15. The Bertz CT molecular complexity index is 273. The number of rotatable bonds is 5. The highest BCUT2D eigenvalue weighted by molar-refractivity contribution is 7.89. The number of alkyl halides is 1. The molecule has 0 amide bonds. The summed E-state index contributed by atoms with van der Waals surface area (Å²) in [6, 6.07) is 0. The van der Waals surface area contributed by atoms with Crippen molar-refractivity contribution in [2.75, 3.05) is 39.2 Å². The lowest BCUT2D eigenvalue weighted by Crippen LogP contribution is -2.45. The van der Waals surface area contributed by atoms with Crippen LogP contribution in [0, 0.1) is 0 Å². The molecule has 1 N–H and O–H groups in total. The van der Waals surface area contributed by atoms with Crippen LogP contribution in [0.2, 0.25) is 0 Å². The van der Waals surface area contributed by atoms with Gasteiger partial charge < -0.3 is 4.48 Å². The zero-order chi connectivity index (χ0) is 10.7. The quantitative estimate of drug-likeness (QED) is 0.532. The number of hydrogen-bond acceptors (Lipinski definition) is 2. The third-order valence-electron chi connectivity index (χ3n) is 2.82. The van der Waals surface area contributed by atoms with Crippen molar-refractivity contribution in [2.24, 2.45) is 0 Å². The Kier molecular flexibility index (Phi) is 3.86. The van der Waals surface area contributed by atoms with Crippen LogP contribution < -0.4 is 4.72 Å². The van der Waals surface area contributed by atoms with Crippen molar-refractivity contribution in [3.63, 3.8) is 0 Å². The van der Waals surface area contributed by atoms with Crippen molar-refractivity contribution in [2.45, 2.75) is 12.8 Å². The highest BCUT2D eigenvalue weighted by Gasteiger charge is 2.28. The summed E-state index contributed by atoms with van der Waals surface area (Å²) in [5, 5.41) is 0. The van der Waals surface area contributed by atoms with E-state index in [0.717, 1.165) is 30.4 Å². The summed E-state index contributed by atoms with van der Waals surface area (Å²) in [6.45, 7) is 1.64. The van der Waals surface area contributed by atoms with Gasteiger partial charge >= 0.3 is 0 Å². The molecule has 14 heavy (non-hydrogen) atoms. The number of quaternary nitrogens is 1. The molecule has 6 heteroatoms. The van der Waals surface area contributed by atoms with Gasteiger partial charge in [-0.25, -0.2) is 12.8 Å². The second-order valence-corrected chi connectivity index (χ2v) is 6.02. The molecule has 1 heterocycles. The van der Waals surface area contributed by atoms with Gasteiger partial charge in [-0.15, -0.1) is 0 Å². The van der Waals surface area contributed by atoms with Crippen LogP contribution in [-0.4, -0.2) is 52.1 Å². The smallest absolute Gasteiger partial charge is 0.219 e. The van der Waals surface area contributed by atoms with E-state index < -0.39 is 16.8 Å². The summed E-state index contributed by atoms with van der Waals surface area (Å²) in [5.41, 5.74) is 0. The largest absolute Gasteiger partial charge is 0.325 e. The topological polar surface area (TPSA) is 46.2 Å². The van der Waals surface area contributed by atoms with E-state index in [-0.39, 0.29) is 5.75 Å². The molecule has 1 saturated heterocycles. The summed E-state index contributed by atoms with van der Waals surface area (Å²) >= 11 is 0. The van der Waals surface area contributed by atoms with Gasteiger partial charge in [-0.1, -0.05) is 0 Å². The molecule has 0 aromatic rings. The molecule has 0 aromatic carbocycles. The molecular formula is C8H18FN2O2S+. The number of nitrogens with zero attached hydrogens (tertiary/aromatic N) is 1. The number of likely N-dealkylation sites (tertiary alicyclic amines) is 1. The summed E-state index contributed by atoms with van der Waals surface area (Å²) in [7, 11) is -1.34. The monoisotopic (exact) mass is 225 g/mol. The zero-order valence-corrected chi connectivity index (χ0v) is 9.32. The van der Waals surface area contributed by atoms with Crippen LogP contribution >= 0.6 is 0 Å². The van der Waals surface area contributed by atoms with E-state index >= 15 is 0 Å². The number of hydrogen-bond donors (Lipinski definition) is 1. The van der Waals surface area contributed by atoms with Gasteiger partial charge in [0.1, 0.15) is 5.75 Å². The van der Waals surface area contributed by atoms with Crippen LogP contribution in [0.4, 0.5) is 4.39 Å². The van der Waals surface area contributed by atoms with Gasteiger partial charge in [-0.3, -0.25) is 0 Å². The second-order valence-electron chi connectivity index (χ2n) is 4.09. The van der Waals surface area contributed by atoms with Gasteiger partial charge in [-0.2, -0.15) is 4.72 Å². The lowest BCUT2D eigenvalue weighted by atomic mass is 10.4. The van der Waals surface area contributed by atoms with E-state index in [0.29, 0.717) is 6.54 Å². The fraction of sp³-hybridized carbons (Fsp3) is 1.00. The molecule has 0 unspecified atom stereocenters. The van der Waals surface area contributed by atoms with Gasteiger partial charge in [0.15, 0.2) is 6.80 Å². The molecule has 1 rings (SSSR count). The Morgan fingerprint density at radius 3 is 2.43 bits per heavy atom. The maximum atomic E-state index is 11.8. The first-order chi connectivity index (χ1) is 6.47. The Morgan fingerprint density at radius 2 is 1.93 bits per heavy atom. The SMILES string of the molecule is C[N+]1(CCS(=O)(=O)NCF)CCCC1. The predicted molar refractivity (Wildman–Crippen MR) is 52.9 cm³/mol. The molecule has 0 aromatic heterocycles. The van der Waals surface area contributed by atoms with Crippen LogP contribution in [0.25, 0.3) is 0 Å². The molecule has 0 atom stereocenters. The third kappa shape index (κ3) is 3.51. The molecule has 1 aliphatic rings. The third-order valence-corrected chi connectivity index (χ3v) is 4.09. The summed E-state index contributed by atoms with van der Waals surface area (Å²) in [5.74, 6) is 0.0212. The number of halogens is 1. The van der Waals surface area contributed by atoms with E-state index in [1.807, 2.05) is 4.72 Å². The number of sulfonamides is 1. The van der Waals surface area contributed by atoms with Crippen molar-refractivity contribution in [3.8, 4) is 0 Å². The van der Waals surface area contributed by atoms with Crippen molar-refractivity contribution in [1.82, 2.24) is 4.72 Å². The Labute approximate surface area is 84.7 Å². The van der Waals surface area contributed by atoms with Crippen molar-refractivity contribution >= 4 is 10.0 Å². The van der Waals surface area contributed by atoms with Gasteiger partial charge in [0, 0.05) is 12.8 Å². The Balaban J connectivity index is 2.39. The molecule has 1 fully saturated rings. The molecule has 0 aliphatic carbocycles. The number of nitrogens with one attached hydrogen (secondary N) is 1. The minimum Gasteiger partial charge on any atom is -0.325 e. The summed E-state index contributed by atoms with van der Waals surface area (Å²) in [4.78, 5) is 0. The Hall–Kier alpha value is -0.200. The average Bonchev–Trinajstić information content (AvgIpc) is 2.50. The average molecular weight is 225 g/mol. The molecule has 1 aliphatic heterocycles. The molecule has 4 nitrogen and oxygen atoms in total. The van der Waals surface area contributed by atoms with E-state index in [2.05, 4.69) is 7.05 Å². The standard InChI is InChI=1S/C8H18FN2O2S/c1-11(4-2-3-5-11)6-7-14(12,13)10-8-9/h10H,2-8H2,1H3/q+1. The van der Waals surface area contributed by atoms with Gasteiger partial charge in [0.05, 0.1) is 26.7 Å². The van der Waals surface area contributed by atoms with Crippen molar-refractivity contribution < 1.29 is 17.3 Å². The summed E-state index contributed by atoms with van der Waals surface area (Å²) < 4.78 is 36.8. The minimum atomic E-state index is -3.40. The van der Waals surface area contributed by atoms with Crippen LogP contribution in [0.5, 0.6) is 0 Å². The maximum Gasteiger partial charge on any atom is 0.219 e. The fourth-order valence-electron chi connectivity index (χ4n) is 1.82. The predicted octanol–water partition coefficient (Wildman–Crippen LogP) is 0.0732. The molecule has 0 radical (unpaired) electrons. The normalized spacial score (nSPS) is 21.3.